The van der Waals surface area contributed by atoms with Crippen LogP contribution in [0.4, 0.5) is 0 Å². The molecular formula is C18H23N3O. The van der Waals surface area contributed by atoms with Gasteiger partial charge in [-0.2, -0.15) is 0 Å². The molecule has 1 aliphatic heterocycles. The highest BCUT2D eigenvalue weighted by atomic mass is 16.2. The van der Waals surface area contributed by atoms with E-state index in [0.29, 0.717) is 6.54 Å². The van der Waals surface area contributed by atoms with Gasteiger partial charge < -0.3 is 10.6 Å². The second kappa shape index (κ2) is 3.91. The molecule has 2 heterocycles. The lowest BCUT2D eigenvalue weighted by molar-refractivity contribution is -0.0857. The Balaban J connectivity index is 1.55. The van der Waals surface area contributed by atoms with Crippen molar-refractivity contribution < 1.29 is 4.79 Å². The smallest absolute Gasteiger partial charge is 0.256 e. The summed E-state index contributed by atoms with van der Waals surface area (Å²) >= 11 is 0. The molecule has 2 atom stereocenters. The van der Waals surface area contributed by atoms with E-state index >= 15 is 0 Å². The van der Waals surface area contributed by atoms with Crippen LogP contribution in [-0.4, -0.2) is 26.9 Å². The first-order valence-electron chi connectivity index (χ1n) is 8.54. The van der Waals surface area contributed by atoms with E-state index in [0.717, 1.165) is 60.9 Å². The molecule has 0 radical (unpaired) electrons. The molecule has 4 saturated carbocycles. The Morgan fingerprint density at radius 1 is 1.23 bits per heavy atom. The first-order valence-corrected chi connectivity index (χ1v) is 8.54. The minimum atomic E-state index is -0.0253. The molecule has 0 aromatic carbocycles. The van der Waals surface area contributed by atoms with Gasteiger partial charge in [-0.25, -0.2) is 0 Å². The van der Waals surface area contributed by atoms with E-state index in [9.17, 15) is 4.79 Å². The molecule has 116 valence electrons. The average Bonchev–Trinajstić information content (AvgIpc) is 2.73. The van der Waals surface area contributed by atoms with Crippen molar-refractivity contribution in [3.8, 4) is 0 Å². The highest BCUT2D eigenvalue weighted by Crippen LogP contribution is 2.59. The van der Waals surface area contributed by atoms with Crippen LogP contribution < -0.4 is 5.73 Å². The summed E-state index contributed by atoms with van der Waals surface area (Å²) in [6.45, 7) is 2.68. The summed E-state index contributed by atoms with van der Waals surface area (Å²) in [5, 5.41) is 0. The van der Waals surface area contributed by atoms with Crippen molar-refractivity contribution in [2.75, 3.05) is 0 Å². The SMILES string of the molecule is Cc1ccc2c(n1)CN(C13CC4CC(CC(N)(C4)C1)C3)C2=O. The second-order valence-corrected chi connectivity index (χ2v) is 8.39. The molecule has 4 aliphatic carbocycles. The van der Waals surface area contributed by atoms with Gasteiger partial charge in [0.2, 0.25) is 0 Å². The Morgan fingerprint density at radius 2 is 1.95 bits per heavy atom. The number of nitrogens with two attached hydrogens (primary N) is 1. The molecule has 2 unspecified atom stereocenters. The van der Waals surface area contributed by atoms with Gasteiger partial charge in [0.05, 0.1) is 17.8 Å². The standard InChI is InChI=1S/C18H23N3O/c1-11-2-3-14-15(20-11)9-21(16(14)22)18-7-12-4-13(8-18)6-17(19,5-12)10-18/h2-3,12-13H,4-10,19H2,1H3. The minimum absolute atomic E-state index is 0.00449. The Bertz CT molecular complexity index is 669. The quantitative estimate of drug-likeness (QED) is 0.866. The van der Waals surface area contributed by atoms with Gasteiger partial charge in [-0.05, 0) is 69.4 Å². The van der Waals surface area contributed by atoms with Crippen molar-refractivity contribution in [3.63, 3.8) is 0 Å². The maximum absolute atomic E-state index is 13.0. The first kappa shape index (κ1) is 13.1. The topological polar surface area (TPSA) is 59.2 Å². The molecule has 1 aromatic rings. The Morgan fingerprint density at radius 3 is 2.64 bits per heavy atom. The van der Waals surface area contributed by atoms with Crippen molar-refractivity contribution in [1.29, 1.82) is 0 Å². The molecule has 5 aliphatic rings. The van der Waals surface area contributed by atoms with Gasteiger partial charge in [0.15, 0.2) is 0 Å². The second-order valence-electron chi connectivity index (χ2n) is 8.39. The van der Waals surface area contributed by atoms with Gasteiger partial charge >= 0.3 is 0 Å². The third-order valence-corrected chi connectivity index (χ3v) is 6.54. The van der Waals surface area contributed by atoms with E-state index < -0.39 is 0 Å². The number of fused-ring (bicyclic) bond motifs is 1. The number of aryl methyl sites for hydroxylation is 1. The number of hydrogen-bond acceptors (Lipinski definition) is 3. The fraction of sp³-hybridized carbons (Fsp3) is 0.667. The highest BCUT2D eigenvalue weighted by Gasteiger charge is 2.60. The van der Waals surface area contributed by atoms with Crippen LogP contribution in [0.5, 0.6) is 0 Å². The lowest BCUT2D eigenvalue weighted by Gasteiger charge is -2.63. The molecular weight excluding hydrogens is 274 g/mol. The summed E-state index contributed by atoms with van der Waals surface area (Å²) in [6.07, 6.45) is 6.95. The summed E-state index contributed by atoms with van der Waals surface area (Å²) in [5.74, 6) is 1.63. The van der Waals surface area contributed by atoms with Crippen LogP contribution in [0.1, 0.15) is 60.3 Å². The molecule has 22 heavy (non-hydrogen) atoms. The molecule has 0 spiro atoms. The third-order valence-electron chi connectivity index (χ3n) is 6.54. The van der Waals surface area contributed by atoms with Crippen molar-refractivity contribution in [2.45, 2.75) is 63.1 Å². The van der Waals surface area contributed by atoms with Crippen molar-refractivity contribution in [2.24, 2.45) is 17.6 Å². The van der Waals surface area contributed by atoms with Gasteiger partial charge in [0, 0.05) is 16.8 Å². The van der Waals surface area contributed by atoms with Crippen molar-refractivity contribution in [1.82, 2.24) is 9.88 Å². The zero-order valence-corrected chi connectivity index (χ0v) is 13.1. The number of carbonyl (C=O) groups is 1. The number of nitrogens with zero attached hydrogens (tertiary/aromatic N) is 2. The van der Waals surface area contributed by atoms with Crippen molar-refractivity contribution >= 4 is 5.91 Å². The molecule has 6 rings (SSSR count). The monoisotopic (exact) mass is 297 g/mol. The zero-order chi connectivity index (χ0) is 15.1. The average molecular weight is 297 g/mol. The summed E-state index contributed by atoms with van der Waals surface area (Å²) in [6, 6.07) is 3.91. The molecule has 2 N–H and O–H groups in total. The van der Waals surface area contributed by atoms with E-state index in [-0.39, 0.29) is 17.0 Å². The summed E-state index contributed by atoms with van der Waals surface area (Å²) < 4.78 is 0. The van der Waals surface area contributed by atoms with Gasteiger partial charge in [-0.15, -0.1) is 0 Å². The maximum Gasteiger partial charge on any atom is 0.256 e. The summed E-state index contributed by atoms with van der Waals surface area (Å²) in [5.41, 5.74) is 9.45. The predicted octanol–water partition coefficient (Wildman–Crippen LogP) is 2.40. The highest BCUT2D eigenvalue weighted by molar-refractivity contribution is 5.98. The van der Waals surface area contributed by atoms with Crippen molar-refractivity contribution in [3.05, 3.63) is 29.1 Å². The fourth-order valence-electron chi connectivity index (χ4n) is 6.28. The first-order chi connectivity index (χ1) is 10.5. The van der Waals surface area contributed by atoms with Crippen LogP contribution in [-0.2, 0) is 6.54 Å². The van der Waals surface area contributed by atoms with Crippen LogP contribution in [0.25, 0.3) is 0 Å². The summed E-state index contributed by atoms with van der Waals surface area (Å²) in [4.78, 5) is 19.7. The molecule has 1 aromatic heterocycles. The number of aromatic nitrogens is 1. The number of pyridine rings is 1. The summed E-state index contributed by atoms with van der Waals surface area (Å²) in [7, 11) is 0. The number of carbonyl (C=O) groups excluding carboxylic acids is 1. The number of amides is 1. The molecule has 1 amide bonds. The Labute approximate surface area is 131 Å². The minimum Gasteiger partial charge on any atom is -0.327 e. The van der Waals surface area contributed by atoms with Crippen LogP contribution in [0.15, 0.2) is 12.1 Å². The fourth-order valence-corrected chi connectivity index (χ4v) is 6.28. The van der Waals surface area contributed by atoms with Gasteiger partial charge in [0.25, 0.3) is 5.91 Å². The lowest BCUT2D eigenvalue weighted by atomic mass is 9.49. The molecule has 4 fully saturated rings. The molecule has 4 heteroatoms. The molecule has 4 nitrogen and oxygen atoms in total. The van der Waals surface area contributed by atoms with Gasteiger partial charge in [-0.1, -0.05) is 0 Å². The Kier molecular flexibility index (Phi) is 2.32. The predicted molar refractivity (Wildman–Crippen MR) is 83.2 cm³/mol. The molecule has 4 bridgehead atoms. The van der Waals surface area contributed by atoms with Gasteiger partial charge in [0.1, 0.15) is 0 Å². The van der Waals surface area contributed by atoms with E-state index in [4.69, 9.17) is 5.73 Å². The van der Waals surface area contributed by atoms with Crippen LogP contribution in [0, 0.1) is 18.8 Å². The maximum atomic E-state index is 13.0. The van der Waals surface area contributed by atoms with E-state index in [1.165, 1.54) is 6.42 Å². The van der Waals surface area contributed by atoms with E-state index in [2.05, 4.69) is 9.88 Å². The number of rotatable bonds is 1. The zero-order valence-electron chi connectivity index (χ0n) is 13.1. The van der Waals surface area contributed by atoms with E-state index in [1.807, 2.05) is 19.1 Å². The van der Waals surface area contributed by atoms with Crippen LogP contribution >= 0.6 is 0 Å². The largest absolute Gasteiger partial charge is 0.327 e. The number of hydrogen-bond donors (Lipinski definition) is 1. The van der Waals surface area contributed by atoms with Crippen LogP contribution in [0.3, 0.4) is 0 Å². The van der Waals surface area contributed by atoms with Gasteiger partial charge in [-0.3, -0.25) is 9.78 Å². The Hall–Kier alpha value is -1.42. The third kappa shape index (κ3) is 1.62. The molecule has 0 saturated heterocycles. The van der Waals surface area contributed by atoms with Crippen LogP contribution in [0.2, 0.25) is 0 Å². The lowest BCUT2D eigenvalue weighted by Crippen LogP contribution is -2.68. The normalized spacial score (nSPS) is 42.1. The van der Waals surface area contributed by atoms with E-state index in [1.54, 1.807) is 0 Å².